The van der Waals surface area contributed by atoms with E-state index < -0.39 is 0 Å². The number of hydroxylamine groups is 1. The SMILES string of the molecule is CONC(=O)c1ccccc1CSc1nc2ccccc2o1. The lowest BCUT2D eigenvalue weighted by atomic mass is 10.1. The van der Waals surface area contributed by atoms with Gasteiger partial charge in [0.15, 0.2) is 5.58 Å². The monoisotopic (exact) mass is 314 g/mol. The maximum absolute atomic E-state index is 11.9. The Morgan fingerprint density at radius 2 is 2.00 bits per heavy atom. The summed E-state index contributed by atoms with van der Waals surface area (Å²) in [5.41, 5.74) is 5.39. The van der Waals surface area contributed by atoms with Gasteiger partial charge in [-0.2, -0.15) is 0 Å². The highest BCUT2D eigenvalue weighted by Crippen LogP contribution is 2.27. The molecule has 0 bridgehead atoms. The van der Waals surface area contributed by atoms with Crippen molar-refractivity contribution in [3.63, 3.8) is 0 Å². The van der Waals surface area contributed by atoms with Gasteiger partial charge in [0.2, 0.25) is 0 Å². The van der Waals surface area contributed by atoms with Gasteiger partial charge < -0.3 is 4.42 Å². The molecule has 3 rings (SSSR count). The minimum absolute atomic E-state index is 0.267. The molecule has 1 heterocycles. The number of rotatable bonds is 5. The number of nitrogens with zero attached hydrogens (tertiary/aromatic N) is 1. The van der Waals surface area contributed by atoms with E-state index in [1.807, 2.05) is 42.5 Å². The Balaban J connectivity index is 1.77. The summed E-state index contributed by atoms with van der Waals surface area (Å²) < 4.78 is 5.66. The van der Waals surface area contributed by atoms with Crippen molar-refractivity contribution < 1.29 is 14.0 Å². The van der Waals surface area contributed by atoms with Crippen LogP contribution in [0.4, 0.5) is 0 Å². The fourth-order valence-electron chi connectivity index (χ4n) is 2.07. The van der Waals surface area contributed by atoms with Crippen molar-refractivity contribution >= 4 is 28.8 Å². The van der Waals surface area contributed by atoms with Crippen LogP contribution in [0.3, 0.4) is 0 Å². The molecule has 0 spiro atoms. The van der Waals surface area contributed by atoms with Crippen molar-refractivity contribution in [1.29, 1.82) is 0 Å². The van der Waals surface area contributed by atoms with Crippen LogP contribution >= 0.6 is 11.8 Å². The summed E-state index contributed by atoms with van der Waals surface area (Å²) in [6.07, 6.45) is 0. The number of thioether (sulfide) groups is 1. The quantitative estimate of drug-likeness (QED) is 0.577. The van der Waals surface area contributed by atoms with Crippen LogP contribution in [0.5, 0.6) is 0 Å². The van der Waals surface area contributed by atoms with Crippen LogP contribution in [0, 0.1) is 0 Å². The molecule has 0 unspecified atom stereocenters. The number of nitrogens with one attached hydrogen (secondary N) is 1. The summed E-state index contributed by atoms with van der Waals surface area (Å²) in [6, 6.07) is 15.0. The van der Waals surface area contributed by atoms with Gasteiger partial charge in [0.1, 0.15) is 5.52 Å². The summed E-state index contributed by atoms with van der Waals surface area (Å²) in [5, 5.41) is 0.586. The third-order valence-corrected chi connectivity index (χ3v) is 3.96. The normalized spacial score (nSPS) is 10.8. The zero-order valence-corrected chi connectivity index (χ0v) is 12.7. The molecular weight excluding hydrogens is 300 g/mol. The van der Waals surface area contributed by atoms with Gasteiger partial charge in [-0.15, -0.1) is 0 Å². The average molecular weight is 314 g/mol. The Morgan fingerprint density at radius 3 is 2.82 bits per heavy atom. The van der Waals surface area contributed by atoms with Crippen molar-refractivity contribution in [2.75, 3.05) is 7.11 Å². The Kier molecular flexibility index (Phi) is 4.41. The highest BCUT2D eigenvalue weighted by molar-refractivity contribution is 7.98. The number of hydrogen-bond donors (Lipinski definition) is 1. The van der Waals surface area contributed by atoms with Crippen molar-refractivity contribution in [3.8, 4) is 0 Å². The van der Waals surface area contributed by atoms with Gasteiger partial charge in [-0.25, -0.2) is 10.5 Å². The number of amides is 1. The van der Waals surface area contributed by atoms with Crippen molar-refractivity contribution in [2.45, 2.75) is 11.0 Å². The zero-order valence-electron chi connectivity index (χ0n) is 11.9. The largest absolute Gasteiger partial charge is 0.431 e. The minimum atomic E-state index is -0.267. The van der Waals surface area contributed by atoms with Gasteiger partial charge in [-0.05, 0) is 23.8 Å². The maximum Gasteiger partial charge on any atom is 0.275 e. The van der Waals surface area contributed by atoms with E-state index in [1.165, 1.54) is 18.9 Å². The third kappa shape index (κ3) is 3.13. The first-order valence-corrected chi connectivity index (χ1v) is 7.66. The molecule has 112 valence electrons. The number of hydrogen-bond acceptors (Lipinski definition) is 5. The van der Waals surface area contributed by atoms with Crippen molar-refractivity contribution in [1.82, 2.24) is 10.5 Å². The lowest BCUT2D eigenvalue weighted by Gasteiger charge is -2.07. The van der Waals surface area contributed by atoms with E-state index in [2.05, 4.69) is 15.3 Å². The van der Waals surface area contributed by atoms with Crippen LogP contribution in [0.25, 0.3) is 11.1 Å². The molecule has 0 aliphatic carbocycles. The molecule has 6 heteroatoms. The van der Waals surface area contributed by atoms with Crippen LogP contribution < -0.4 is 5.48 Å². The fraction of sp³-hybridized carbons (Fsp3) is 0.125. The molecule has 0 aliphatic rings. The Hall–Kier alpha value is -2.31. The molecule has 1 aromatic heterocycles. The van der Waals surface area contributed by atoms with Gasteiger partial charge in [0, 0.05) is 11.3 Å². The number of carbonyl (C=O) groups excluding carboxylic acids is 1. The maximum atomic E-state index is 11.9. The predicted molar refractivity (Wildman–Crippen MR) is 84.5 cm³/mol. The standard InChI is InChI=1S/C16H14N2O3S/c1-20-18-15(19)12-7-3-2-6-11(12)10-22-16-17-13-8-4-5-9-14(13)21-16/h2-9H,10H2,1H3,(H,18,19). The van der Waals surface area contributed by atoms with Gasteiger partial charge >= 0.3 is 0 Å². The molecule has 1 amide bonds. The van der Waals surface area contributed by atoms with E-state index in [0.29, 0.717) is 16.5 Å². The number of fused-ring (bicyclic) bond motifs is 1. The first-order valence-electron chi connectivity index (χ1n) is 6.67. The molecule has 22 heavy (non-hydrogen) atoms. The summed E-state index contributed by atoms with van der Waals surface area (Å²) >= 11 is 1.45. The van der Waals surface area contributed by atoms with E-state index in [1.54, 1.807) is 6.07 Å². The van der Waals surface area contributed by atoms with E-state index in [0.717, 1.165) is 16.7 Å². The molecule has 0 saturated heterocycles. The molecule has 1 N–H and O–H groups in total. The van der Waals surface area contributed by atoms with Crippen LogP contribution in [-0.4, -0.2) is 18.0 Å². The number of oxazole rings is 1. The Morgan fingerprint density at radius 1 is 1.23 bits per heavy atom. The zero-order chi connectivity index (χ0) is 15.4. The van der Waals surface area contributed by atoms with Gasteiger partial charge in [0.05, 0.1) is 7.11 Å². The predicted octanol–water partition coefficient (Wildman–Crippen LogP) is 3.41. The molecule has 0 atom stereocenters. The van der Waals surface area contributed by atoms with Crippen LogP contribution in [-0.2, 0) is 10.6 Å². The number of carbonyl (C=O) groups is 1. The highest BCUT2D eigenvalue weighted by Gasteiger charge is 2.12. The number of aromatic nitrogens is 1. The molecular formula is C16H14N2O3S. The third-order valence-electron chi connectivity index (χ3n) is 3.08. The average Bonchev–Trinajstić information content (AvgIpc) is 2.96. The summed E-state index contributed by atoms with van der Waals surface area (Å²) in [6.45, 7) is 0. The first-order chi connectivity index (χ1) is 10.8. The van der Waals surface area contributed by atoms with Gasteiger partial charge in [0.25, 0.3) is 11.1 Å². The Bertz CT molecular complexity index is 768. The molecule has 0 fully saturated rings. The first kappa shape index (κ1) is 14.6. The van der Waals surface area contributed by atoms with E-state index >= 15 is 0 Å². The summed E-state index contributed by atoms with van der Waals surface area (Å²) in [7, 11) is 1.41. The molecule has 0 aliphatic heterocycles. The molecule has 0 saturated carbocycles. The minimum Gasteiger partial charge on any atom is -0.431 e. The van der Waals surface area contributed by atoms with Crippen molar-refractivity contribution in [2.24, 2.45) is 0 Å². The number of para-hydroxylation sites is 2. The Labute approximate surface area is 131 Å². The summed E-state index contributed by atoms with van der Waals surface area (Å²) in [5.74, 6) is 0.316. The lowest BCUT2D eigenvalue weighted by molar-refractivity contribution is 0.0537. The second-order valence-corrected chi connectivity index (χ2v) is 5.46. The fourth-order valence-corrected chi connectivity index (χ4v) is 2.91. The topological polar surface area (TPSA) is 64.4 Å². The van der Waals surface area contributed by atoms with Crippen molar-refractivity contribution in [3.05, 3.63) is 59.7 Å². The van der Waals surface area contributed by atoms with E-state index in [-0.39, 0.29) is 5.91 Å². The van der Waals surface area contributed by atoms with E-state index in [9.17, 15) is 4.79 Å². The second kappa shape index (κ2) is 6.64. The van der Waals surface area contributed by atoms with E-state index in [4.69, 9.17) is 4.42 Å². The number of benzene rings is 2. The second-order valence-electron chi connectivity index (χ2n) is 4.53. The molecule has 2 aromatic carbocycles. The lowest BCUT2D eigenvalue weighted by Crippen LogP contribution is -2.22. The van der Waals surface area contributed by atoms with Gasteiger partial charge in [-0.1, -0.05) is 42.1 Å². The smallest absolute Gasteiger partial charge is 0.275 e. The van der Waals surface area contributed by atoms with Crippen LogP contribution in [0.1, 0.15) is 15.9 Å². The molecule has 5 nitrogen and oxygen atoms in total. The van der Waals surface area contributed by atoms with Crippen LogP contribution in [0.2, 0.25) is 0 Å². The molecule has 0 radical (unpaired) electrons. The van der Waals surface area contributed by atoms with Crippen LogP contribution in [0.15, 0.2) is 58.2 Å². The van der Waals surface area contributed by atoms with Gasteiger partial charge in [-0.3, -0.25) is 9.63 Å². The highest BCUT2D eigenvalue weighted by atomic mass is 32.2. The molecule has 3 aromatic rings. The summed E-state index contributed by atoms with van der Waals surface area (Å²) in [4.78, 5) is 21.0.